The maximum Gasteiger partial charge on any atom is 0.244 e. The minimum absolute atomic E-state index is 0.262. The van der Waals surface area contributed by atoms with E-state index in [0.717, 1.165) is 0 Å². The number of hydrogen-bond acceptors (Lipinski definition) is 4. The molecular formula is C10H16N2O4S2. The summed E-state index contributed by atoms with van der Waals surface area (Å²) in [5, 5.41) is 5.03. The molecule has 8 heteroatoms. The molecule has 0 unspecified atom stereocenters. The Morgan fingerprint density at radius 3 is 1.83 bits per heavy atom. The third-order valence-electron chi connectivity index (χ3n) is 2.48. The van der Waals surface area contributed by atoms with Gasteiger partial charge in [0.2, 0.25) is 20.0 Å². The van der Waals surface area contributed by atoms with Crippen molar-refractivity contribution < 1.29 is 16.8 Å². The number of primary sulfonamides is 1. The van der Waals surface area contributed by atoms with Crippen molar-refractivity contribution in [3.8, 4) is 0 Å². The molecule has 1 rings (SSSR count). The fourth-order valence-electron chi connectivity index (χ4n) is 1.60. The molecule has 0 spiro atoms. The third kappa shape index (κ3) is 2.89. The summed E-state index contributed by atoms with van der Waals surface area (Å²) in [6, 6.07) is 5.32. The lowest BCUT2D eigenvalue weighted by atomic mass is 10.4. The van der Waals surface area contributed by atoms with Crippen molar-refractivity contribution in [2.24, 2.45) is 5.14 Å². The predicted molar refractivity (Wildman–Crippen MR) is 67.9 cm³/mol. The minimum Gasteiger partial charge on any atom is -0.225 e. The number of sulfonamides is 2. The molecule has 0 saturated carbocycles. The predicted octanol–water partition coefficient (Wildman–Crippen LogP) is 0.365. The van der Waals surface area contributed by atoms with Gasteiger partial charge in [-0.3, -0.25) is 0 Å². The number of benzene rings is 1. The van der Waals surface area contributed by atoms with Crippen LogP contribution in [0.5, 0.6) is 0 Å². The summed E-state index contributed by atoms with van der Waals surface area (Å²) in [5.41, 5.74) is 0. The van der Waals surface area contributed by atoms with Crippen molar-refractivity contribution in [2.75, 3.05) is 13.1 Å². The molecule has 0 aromatic heterocycles. The highest BCUT2D eigenvalue weighted by molar-refractivity contribution is 7.92. The Labute approximate surface area is 108 Å². The molecule has 0 radical (unpaired) electrons. The number of rotatable bonds is 5. The monoisotopic (exact) mass is 292 g/mol. The molecule has 0 bridgehead atoms. The topological polar surface area (TPSA) is 97.5 Å². The second kappa shape index (κ2) is 5.35. The Balaban J connectivity index is 3.53. The van der Waals surface area contributed by atoms with Crippen molar-refractivity contribution in [3.05, 3.63) is 24.3 Å². The highest BCUT2D eigenvalue weighted by Gasteiger charge is 2.27. The molecule has 1 aromatic rings. The lowest BCUT2D eigenvalue weighted by Crippen LogP contribution is -2.32. The zero-order valence-corrected chi connectivity index (χ0v) is 11.8. The smallest absolute Gasteiger partial charge is 0.225 e. The first-order chi connectivity index (χ1) is 8.25. The van der Waals surface area contributed by atoms with Crippen molar-refractivity contribution in [1.82, 2.24) is 4.31 Å². The molecule has 0 fully saturated rings. The molecule has 0 aliphatic rings. The molecule has 0 heterocycles. The highest BCUT2D eigenvalue weighted by Crippen LogP contribution is 2.22. The van der Waals surface area contributed by atoms with Gasteiger partial charge in [0.15, 0.2) is 0 Å². The van der Waals surface area contributed by atoms with Crippen LogP contribution in [0.15, 0.2) is 34.1 Å². The van der Waals surface area contributed by atoms with Gasteiger partial charge in [0, 0.05) is 13.1 Å². The van der Waals surface area contributed by atoms with Crippen LogP contribution in [0.25, 0.3) is 0 Å². The molecule has 6 nitrogen and oxygen atoms in total. The van der Waals surface area contributed by atoms with Crippen LogP contribution in [0.4, 0.5) is 0 Å². The van der Waals surface area contributed by atoms with Crippen LogP contribution in [0.2, 0.25) is 0 Å². The van der Waals surface area contributed by atoms with Crippen LogP contribution >= 0.6 is 0 Å². The van der Waals surface area contributed by atoms with Crippen molar-refractivity contribution in [3.63, 3.8) is 0 Å². The molecule has 18 heavy (non-hydrogen) atoms. The Hall–Kier alpha value is -0.960. The molecule has 1 aromatic carbocycles. The normalized spacial score (nSPS) is 12.9. The van der Waals surface area contributed by atoms with E-state index in [0.29, 0.717) is 0 Å². The van der Waals surface area contributed by atoms with Gasteiger partial charge in [-0.2, -0.15) is 4.31 Å². The van der Waals surface area contributed by atoms with Crippen LogP contribution < -0.4 is 5.14 Å². The molecule has 102 valence electrons. The van der Waals surface area contributed by atoms with Crippen LogP contribution in [0, 0.1) is 0 Å². The number of nitrogens with two attached hydrogens (primary N) is 1. The molecule has 0 amide bonds. The summed E-state index contributed by atoms with van der Waals surface area (Å²) in [5.74, 6) is 0. The van der Waals surface area contributed by atoms with E-state index in [1.54, 1.807) is 13.8 Å². The zero-order chi connectivity index (χ0) is 14.0. The number of nitrogens with zero attached hydrogens (tertiary/aromatic N) is 1. The Morgan fingerprint density at radius 2 is 1.44 bits per heavy atom. The number of hydrogen-bond donors (Lipinski definition) is 1. The fourth-order valence-corrected chi connectivity index (χ4v) is 4.41. The van der Waals surface area contributed by atoms with Gasteiger partial charge in [-0.05, 0) is 12.1 Å². The van der Waals surface area contributed by atoms with Gasteiger partial charge in [-0.15, -0.1) is 0 Å². The minimum atomic E-state index is -4.07. The summed E-state index contributed by atoms with van der Waals surface area (Å²) >= 11 is 0. The third-order valence-corrected chi connectivity index (χ3v) is 5.69. The maximum atomic E-state index is 12.3. The Bertz CT molecular complexity index is 619. The molecule has 0 atom stereocenters. The van der Waals surface area contributed by atoms with E-state index < -0.39 is 20.0 Å². The van der Waals surface area contributed by atoms with Crippen molar-refractivity contribution in [2.45, 2.75) is 23.6 Å². The quantitative estimate of drug-likeness (QED) is 0.847. The summed E-state index contributed by atoms with van der Waals surface area (Å²) in [7, 11) is -7.91. The first-order valence-corrected chi connectivity index (χ1v) is 8.35. The fraction of sp³-hybridized carbons (Fsp3) is 0.400. The maximum absolute atomic E-state index is 12.3. The Kier molecular flexibility index (Phi) is 4.49. The average Bonchev–Trinajstić information content (AvgIpc) is 2.29. The summed E-state index contributed by atoms with van der Waals surface area (Å²) < 4.78 is 48.5. The first-order valence-electron chi connectivity index (χ1n) is 5.37. The van der Waals surface area contributed by atoms with Crippen LogP contribution in [0.3, 0.4) is 0 Å². The Morgan fingerprint density at radius 1 is 1.00 bits per heavy atom. The van der Waals surface area contributed by atoms with E-state index in [2.05, 4.69) is 0 Å². The molecule has 0 aliphatic carbocycles. The van der Waals surface area contributed by atoms with E-state index >= 15 is 0 Å². The van der Waals surface area contributed by atoms with E-state index in [9.17, 15) is 16.8 Å². The van der Waals surface area contributed by atoms with Gasteiger partial charge >= 0.3 is 0 Å². The van der Waals surface area contributed by atoms with Gasteiger partial charge < -0.3 is 0 Å². The van der Waals surface area contributed by atoms with Crippen LogP contribution in [0.1, 0.15) is 13.8 Å². The summed E-state index contributed by atoms with van der Waals surface area (Å²) in [6.07, 6.45) is 0. The summed E-state index contributed by atoms with van der Waals surface area (Å²) in [6.45, 7) is 3.89. The van der Waals surface area contributed by atoms with E-state index in [4.69, 9.17) is 5.14 Å². The zero-order valence-electron chi connectivity index (χ0n) is 10.2. The van der Waals surface area contributed by atoms with Crippen molar-refractivity contribution in [1.29, 1.82) is 0 Å². The van der Waals surface area contributed by atoms with E-state index in [-0.39, 0.29) is 22.9 Å². The van der Waals surface area contributed by atoms with Gasteiger partial charge in [0.25, 0.3) is 0 Å². The van der Waals surface area contributed by atoms with Gasteiger partial charge in [-0.1, -0.05) is 26.0 Å². The lowest BCUT2D eigenvalue weighted by molar-refractivity contribution is 0.443. The van der Waals surface area contributed by atoms with Gasteiger partial charge in [-0.25, -0.2) is 22.0 Å². The SMILES string of the molecule is CCN(CC)S(=O)(=O)c1ccccc1S(N)(=O)=O. The van der Waals surface area contributed by atoms with Crippen LogP contribution in [-0.2, 0) is 20.0 Å². The highest BCUT2D eigenvalue weighted by atomic mass is 32.2. The molecular weight excluding hydrogens is 276 g/mol. The van der Waals surface area contributed by atoms with Crippen LogP contribution in [-0.4, -0.2) is 34.2 Å². The van der Waals surface area contributed by atoms with Crippen molar-refractivity contribution >= 4 is 20.0 Å². The standard InChI is InChI=1S/C10H16N2O4S2/c1-3-12(4-2)18(15,16)10-8-6-5-7-9(10)17(11,13)14/h5-8H,3-4H2,1-2H3,(H2,11,13,14). The van der Waals surface area contributed by atoms with Gasteiger partial charge in [0.05, 0.1) is 0 Å². The second-order valence-electron chi connectivity index (χ2n) is 3.58. The second-order valence-corrected chi connectivity index (χ2v) is 7.02. The summed E-state index contributed by atoms with van der Waals surface area (Å²) in [4.78, 5) is -0.659. The van der Waals surface area contributed by atoms with E-state index in [1.807, 2.05) is 0 Å². The largest absolute Gasteiger partial charge is 0.244 e. The lowest BCUT2D eigenvalue weighted by Gasteiger charge is -2.19. The first kappa shape index (κ1) is 15.1. The average molecular weight is 292 g/mol. The molecule has 0 aliphatic heterocycles. The van der Waals surface area contributed by atoms with Gasteiger partial charge in [0.1, 0.15) is 9.79 Å². The molecule has 0 saturated heterocycles. The molecule has 2 N–H and O–H groups in total. The van der Waals surface area contributed by atoms with E-state index in [1.165, 1.54) is 28.6 Å².